The Hall–Kier alpha value is -1.71. The first-order chi connectivity index (χ1) is 9.19. The van der Waals surface area contributed by atoms with Crippen LogP contribution in [0.3, 0.4) is 0 Å². The van der Waals surface area contributed by atoms with Gasteiger partial charge in [-0.25, -0.2) is 13.1 Å². The van der Waals surface area contributed by atoms with E-state index in [0.29, 0.717) is 0 Å². The summed E-state index contributed by atoms with van der Waals surface area (Å²) >= 11 is 0. The van der Waals surface area contributed by atoms with Crippen molar-refractivity contribution in [1.82, 2.24) is 4.72 Å². The number of sulfonamides is 1. The molecule has 2 unspecified atom stereocenters. The van der Waals surface area contributed by atoms with E-state index in [1.807, 2.05) is 0 Å². The molecule has 0 heterocycles. The molecule has 1 aromatic rings. The smallest absolute Gasteiger partial charge is 0.312 e. The third-order valence-electron chi connectivity index (χ3n) is 2.94. The van der Waals surface area contributed by atoms with Crippen LogP contribution in [0, 0.1) is 16.0 Å². The van der Waals surface area contributed by atoms with E-state index in [0.717, 1.165) is 18.2 Å². The third kappa shape index (κ3) is 3.65. The van der Waals surface area contributed by atoms with Crippen molar-refractivity contribution in [2.24, 2.45) is 5.92 Å². The summed E-state index contributed by atoms with van der Waals surface area (Å²) in [5.74, 6) is -0.914. The number of hydrogen-bond acceptors (Lipinski definition) is 6. The maximum atomic E-state index is 12.1. The number of nitrogens with zero attached hydrogens (tertiary/aromatic N) is 1. The van der Waals surface area contributed by atoms with Gasteiger partial charge in [0, 0.05) is 18.7 Å². The van der Waals surface area contributed by atoms with Crippen LogP contribution in [-0.2, 0) is 10.0 Å². The van der Waals surface area contributed by atoms with Gasteiger partial charge in [-0.2, -0.15) is 0 Å². The van der Waals surface area contributed by atoms with E-state index >= 15 is 0 Å². The standard InChI is InChI=1S/C11H16N2O6S/c1-7(6-14)8(2)12-20(18,19)9-3-4-11(15)10(5-9)13(16)17/h3-5,7-8,12,14-15H,6H2,1-2H3. The van der Waals surface area contributed by atoms with Crippen LogP contribution < -0.4 is 4.72 Å². The fourth-order valence-electron chi connectivity index (χ4n) is 1.40. The molecule has 0 aliphatic rings. The van der Waals surface area contributed by atoms with Crippen molar-refractivity contribution in [3.05, 3.63) is 28.3 Å². The Bertz CT molecular complexity index is 601. The number of hydrogen-bond donors (Lipinski definition) is 3. The van der Waals surface area contributed by atoms with Gasteiger partial charge in [0.15, 0.2) is 5.75 Å². The number of phenolic OH excluding ortho intramolecular Hbond substituents is 1. The molecular formula is C11H16N2O6S. The van der Waals surface area contributed by atoms with Gasteiger partial charge in [0.2, 0.25) is 10.0 Å². The molecule has 0 fully saturated rings. The Kier molecular flexibility index (Phi) is 5.03. The van der Waals surface area contributed by atoms with Crippen molar-refractivity contribution in [3.8, 4) is 5.75 Å². The molecule has 1 aromatic carbocycles. The average molecular weight is 304 g/mol. The number of nitrogens with one attached hydrogen (secondary N) is 1. The first-order valence-corrected chi connectivity index (χ1v) is 7.28. The average Bonchev–Trinajstić information content (AvgIpc) is 2.36. The molecule has 0 radical (unpaired) electrons. The number of nitro benzene ring substituents is 1. The first-order valence-electron chi connectivity index (χ1n) is 5.79. The van der Waals surface area contributed by atoms with E-state index in [1.54, 1.807) is 13.8 Å². The summed E-state index contributed by atoms with van der Waals surface area (Å²) in [5, 5.41) is 28.9. The summed E-state index contributed by atoms with van der Waals surface area (Å²) in [6.07, 6.45) is 0. The second-order valence-electron chi connectivity index (χ2n) is 4.48. The fraction of sp³-hybridized carbons (Fsp3) is 0.455. The van der Waals surface area contributed by atoms with E-state index in [-0.39, 0.29) is 17.4 Å². The zero-order valence-electron chi connectivity index (χ0n) is 11.0. The van der Waals surface area contributed by atoms with Gasteiger partial charge >= 0.3 is 5.69 Å². The van der Waals surface area contributed by atoms with Gasteiger partial charge in [-0.1, -0.05) is 6.92 Å². The van der Waals surface area contributed by atoms with Crippen LogP contribution in [0.2, 0.25) is 0 Å². The minimum Gasteiger partial charge on any atom is -0.502 e. The molecule has 0 spiro atoms. The number of aliphatic hydroxyl groups is 1. The largest absolute Gasteiger partial charge is 0.502 e. The highest BCUT2D eigenvalue weighted by Gasteiger charge is 2.24. The second-order valence-corrected chi connectivity index (χ2v) is 6.19. The maximum Gasteiger partial charge on any atom is 0.312 e. The fourth-order valence-corrected chi connectivity index (χ4v) is 2.78. The summed E-state index contributed by atoms with van der Waals surface area (Å²) in [5.41, 5.74) is -0.685. The minimum atomic E-state index is -3.96. The Morgan fingerprint density at radius 2 is 2.00 bits per heavy atom. The molecule has 0 bridgehead atoms. The number of nitro groups is 1. The van der Waals surface area contributed by atoms with Crippen molar-refractivity contribution in [3.63, 3.8) is 0 Å². The number of phenols is 1. The molecule has 3 N–H and O–H groups in total. The summed E-state index contributed by atoms with van der Waals surface area (Å²) in [6.45, 7) is 3.04. The van der Waals surface area contributed by atoms with Gasteiger partial charge in [-0.15, -0.1) is 0 Å². The van der Waals surface area contributed by atoms with Gasteiger partial charge in [0.25, 0.3) is 0 Å². The van der Waals surface area contributed by atoms with Crippen LogP contribution in [-0.4, -0.2) is 36.2 Å². The first kappa shape index (κ1) is 16.3. The lowest BCUT2D eigenvalue weighted by Gasteiger charge is -2.19. The van der Waals surface area contributed by atoms with Crippen LogP contribution >= 0.6 is 0 Å². The molecule has 1 rings (SSSR count). The van der Waals surface area contributed by atoms with Crippen molar-refractivity contribution in [1.29, 1.82) is 0 Å². The molecule has 112 valence electrons. The van der Waals surface area contributed by atoms with Gasteiger partial charge in [-0.05, 0) is 25.0 Å². The summed E-state index contributed by atoms with van der Waals surface area (Å²) in [6, 6.07) is 2.26. The minimum absolute atomic E-state index is 0.195. The Labute approximate surface area is 116 Å². The predicted molar refractivity (Wildman–Crippen MR) is 70.8 cm³/mol. The number of benzene rings is 1. The molecule has 20 heavy (non-hydrogen) atoms. The van der Waals surface area contributed by atoms with Crippen molar-refractivity contribution >= 4 is 15.7 Å². The zero-order valence-corrected chi connectivity index (χ0v) is 11.8. The SMILES string of the molecule is CC(CO)C(C)NS(=O)(=O)c1ccc(O)c([N+](=O)[O-])c1. The molecule has 0 aliphatic heterocycles. The van der Waals surface area contributed by atoms with E-state index < -0.39 is 32.4 Å². The van der Waals surface area contributed by atoms with Gasteiger partial charge < -0.3 is 10.2 Å². The molecule has 0 aliphatic carbocycles. The highest BCUT2D eigenvalue weighted by molar-refractivity contribution is 7.89. The van der Waals surface area contributed by atoms with Gasteiger partial charge in [0.05, 0.1) is 9.82 Å². The van der Waals surface area contributed by atoms with Gasteiger partial charge in [-0.3, -0.25) is 10.1 Å². The van der Waals surface area contributed by atoms with E-state index in [4.69, 9.17) is 5.11 Å². The maximum absolute atomic E-state index is 12.1. The normalized spacial score (nSPS) is 14.8. The van der Waals surface area contributed by atoms with Crippen LogP contribution in [0.5, 0.6) is 5.75 Å². The monoisotopic (exact) mass is 304 g/mol. The Balaban J connectivity index is 3.10. The number of rotatable bonds is 6. The summed E-state index contributed by atoms with van der Waals surface area (Å²) < 4.78 is 26.4. The van der Waals surface area contributed by atoms with Crippen LogP contribution in [0.25, 0.3) is 0 Å². The molecule has 9 heteroatoms. The van der Waals surface area contributed by atoms with Crippen molar-refractivity contribution in [2.75, 3.05) is 6.61 Å². The summed E-state index contributed by atoms with van der Waals surface area (Å²) in [4.78, 5) is 9.49. The lowest BCUT2D eigenvalue weighted by Crippen LogP contribution is -2.38. The molecule has 0 amide bonds. The van der Waals surface area contributed by atoms with E-state index in [9.17, 15) is 23.6 Å². The van der Waals surface area contributed by atoms with Crippen molar-refractivity contribution < 1.29 is 23.6 Å². The third-order valence-corrected chi connectivity index (χ3v) is 4.49. The quantitative estimate of drug-likeness (QED) is 0.521. The molecule has 0 saturated carbocycles. The Morgan fingerprint density at radius 1 is 1.40 bits per heavy atom. The van der Waals surface area contributed by atoms with Crippen LogP contribution in [0.1, 0.15) is 13.8 Å². The number of aliphatic hydroxyl groups excluding tert-OH is 1. The zero-order chi connectivity index (χ0) is 15.5. The summed E-state index contributed by atoms with van der Waals surface area (Å²) in [7, 11) is -3.96. The molecule has 2 atom stereocenters. The van der Waals surface area contributed by atoms with Crippen LogP contribution in [0.15, 0.2) is 23.1 Å². The van der Waals surface area contributed by atoms with Gasteiger partial charge in [0.1, 0.15) is 0 Å². The van der Waals surface area contributed by atoms with E-state index in [1.165, 1.54) is 0 Å². The molecule has 0 saturated heterocycles. The second kappa shape index (κ2) is 6.16. The van der Waals surface area contributed by atoms with Crippen LogP contribution in [0.4, 0.5) is 5.69 Å². The lowest BCUT2D eigenvalue weighted by molar-refractivity contribution is -0.386. The predicted octanol–water partition coefficient (Wildman–Crippen LogP) is 0.596. The molecule has 0 aromatic heterocycles. The van der Waals surface area contributed by atoms with Crippen molar-refractivity contribution in [2.45, 2.75) is 24.8 Å². The molecular weight excluding hydrogens is 288 g/mol. The highest BCUT2D eigenvalue weighted by Crippen LogP contribution is 2.28. The Morgan fingerprint density at radius 3 is 2.50 bits per heavy atom. The highest BCUT2D eigenvalue weighted by atomic mass is 32.2. The molecule has 8 nitrogen and oxygen atoms in total. The van der Waals surface area contributed by atoms with E-state index in [2.05, 4.69) is 4.72 Å². The lowest BCUT2D eigenvalue weighted by atomic mass is 10.1. The number of aromatic hydroxyl groups is 1. The topological polar surface area (TPSA) is 130 Å².